The first-order valence-corrected chi connectivity index (χ1v) is 7.51. The second-order valence-corrected chi connectivity index (χ2v) is 5.47. The molecule has 0 fully saturated rings. The van der Waals surface area contributed by atoms with Crippen molar-refractivity contribution in [3.05, 3.63) is 69.3 Å². The third-order valence-corrected chi connectivity index (χ3v) is 3.76. The van der Waals surface area contributed by atoms with Gasteiger partial charge in [0.15, 0.2) is 6.61 Å². The van der Waals surface area contributed by atoms with Gasteiger partial charge in [0, 0.05) is 12.1 Å². The van der Waals surface area contributed by atoms with Gasteiger partial charge < -0.3 is 9.47 Å². The molecule has 6 nitrogen and oxygen atoms in total. The molecular formula is C18H19NO5. The molecule has 0 saturated heterocycles. The largest absolute Gasteiger partial charge is 0.482 e. The maximum Gasteiger partial charge on any atom is 0.344 e. The second-order valence-electron chi connectivity index (χ2n) is 5.47. The summed E-state index contributed by atoms with van der Waals surface area (Å²) in [5, 5.41) is 10.8. The van der Waals surface area contributed by atoms with Crippen LogP contribution in [0.15, 0.2) is 42.5 Å². The van der Waals surface area contributed by atoms with Crippen molar-refractivity contribution < 1.29 is 19.2 Å². The van der Waals surface area contributed by atoms with Crippen molar-refractivity contribution in [2.45, 2.75) is 26.9 Å². The van der Waals surface area contributed by atoms with Gasteiger partial charge >= 0.3 is 5.97 Å². The summed E-state index contributed by atoms with van der Waals surface area (Å²) in [6, 6.07) is 11.6. The van der Waals surface area contributed by atoms with Gasteiger partial charge in [-0.25, -0.2) is 4.79 Å². The topological polar surface area (TPSA) is 78.7 Å². The minimum atomic E-state index is -0.598. The van der Waals surface area contributed by atoms with E-state index >= 15 is 0 Å². The predicted octanol–water partition coefficient (Wildman–Crippen LogP) is 3.89. The van der Waals surface area contributed by atoms with Gasteiger partial charge in [0.05, 0.1) is 4.92 Å². The highest BCUT2D eigenvalue weighted by Gasteiger charge is 2.15. The number of esters is 1. The van der Waals surface area contributed by atoms with Crippen LogP contribution in [0.1, 0.15) is 29.7 Å². The normalized spacial score (nSPS) is 11.6. The van der Waals surface area contributed by atoms with Crippen molar-refractivity contribution in [3.8, 4) is 5.75 Å². The average Bonchev–Trinajstić information content (AvgIpc) is 2.56. The maximum absolute atomic E-state index is 11.9. The molecule has 0 aliphatic rings. The highest BCUT2D eigenvalue weighted by atomic mass is 16.6. The number of nitro groups is 1. The van der Waals surface area contributed by atoms with Gasteiger partial charge in [-0.1, -0.05) is 24.3 Å². The number of nitrogens with zero attached hydrogens (tertiary/aromatic N) is 1. The molecule has 0 saturated carbocycles. The number of hydrogen-bond donors (Lipinski definition) is 0. The van der Waals surface area contributed by atoms with Gasteiger partial charge in [-0.15, -0.1) is 0 Å². The zero-order valence-corrected chi connectivity index (χ0v) is 13.8. The summed E-state index contributed by atoms with van der Waals surface area (Å²) >= 11 is 0. The molecule has 24 heavy (non-hydrogen) atoms. The van der Waals surface area contributed by atoms with E-state index in [1.165, 1.54) is 12.1 Å². The molecule has 2 aromatic rings. The first kappa shape index (κ1) is 17.5. The minimum Gasteiger partial charge on any atom is -0.482 e. The number of rotatable bonds is 6. The molecule has 2 aromatic carbocycles. The number of carbonyl (C=O) groups is 1. The minimum absolute atomic E-state index is 0.0398. The Kier molecular flexibility index (Phi) is 5.52. The van der Waals surface area contributed by atoms with Gasteiger partial charge in [-0.2, -0.15) is 0 Å². The number of ether oxygens (including phenoxy) is 2. The van der Waals surface area contributed by atoms with Crippen LogP contribution in [-0.2, 0) is 9.53 Å². The van der Waals surface area contributed by atoms with Crippen LogP contribution in [0.3, 0.4) is 0 Å². The fourth-order valence-corrected chi connectivity index (χ4v) is 2.21. The monoisotopic (exact) mass is 329 g/mol. The lowest BCUT2D eigenvalue weighted by Crippen LogP contribution is -2.17. The molecule has 126 valence electrons. The first-order valence-electron chi connectivity index (χ1n) is 7.51. The third-order valence-electron chi connectivity index (χ3n) is 3.76. The van der Waals surface area contributed by atoms with Crippen LogP contribution in [0.25, 0.3) is 0 Å². The molecule has 0 aliphatic heterocycles. The Balaban J connectivity index is 1.95. The van der Waals surface area contributed by atoms with Gasteiger partial charge in [-0.3, -0.25) is 10.1 Å². The zero-order valence-electron chi connectivity index (χ0n) is 13.8. The van der Waals surface area contributed by atoms with Crippen LogP contribution >= 0.6 is 0 Å². The smallest absolute Gasteiger partial charge is 0.344 e. The lowest BCUT2D eigenvalue weighted by Gasteiger charge is -2.15. The van der Waals surface area contributed by atoms with E-state index in [2.05, 4.69) is 0 Å². The highest BCUT2D eigenvalue weighted by molar-refractivity contribution is 5.71. The summed E-state index contributed by atoms with van der Waals surface area (Å²) in [6.45, 7) is 5.32. The molecule has 0 radical (unpaired) electrons. The van der Waals surface area contributed by atoms with Gasteiger partial charge in [0.1, 0.15) is 11.9 Å². The van der Waals surface area contributed by atoms with E-state index in [1.807, 2.05) is 26.0 Å². The van der Waals surface area contributed by atoms with Crippen LogP contribution < -0.4 is 4.74 Å². The van der Waals surface area contributed by atoms with Crippen LogP contribution in [0.4, 0.5) is 5.69 Å². The molecule has 0 unspecified atom stereocenters. The van der Waals surface area contributed by atoms with Crippen LogP contribution in [0.5, 0.6) is 5.75 Å². The molecule has 1 atom stereocenters. The second kappa shape index (κ2) is 7.59. The maximum atomic E-state index is 11.9. The Hall–Kier alpha value is -2.89. The number of hydrogen-bond acceptors (Lipinski definition) is 5. The molecule has 6 heteroatoms. The zero-order chi connectivity index (χ0) is 17.7. The molecule has 0 bridgehead atoms. The van der Waals surface area contributed by atoms with Gasteiger partial charge in [-0.05, 0) is 43.5 Å². The number of non-ortho nitro benzene ring substituents is 1. The molecule has 0 amide bonds. The summed E-state index contributed by atoms with van der Waals surface area (Å²) in [5.41, 5.74) is 2.56. The first-order chi connectivity index (χ1) is 11.4. The Morgan fingerprint density at radius 2 is 1.92 bits per heavy atom. The lowest BCUT2D eigenvalue weighted by atomic mass is 10.1. The number of aryl methyl sites for hydroxylation is 1. The van der Waals surface area contributed by atoms with Crippen molar-refractivity contribution in [1.29, 1.82) is 0 Å². The Morgan fingerprint density at radius 1 is 1.21 bits per heavy atom. The summed E-state index contributed by atoms with van der Waals surface area (Å²) in [4.78, 5) is 22.2. The molecule has 0 N–H and O–H groups in total. The molecule has 0 aromatic heterocycles. The van der Waals surface area contributed by atoms with E-state index in [1.54, 1.807) is 25.1 Å². The van der Waals surface area contributed by atoms with E-state index in [0.29, 0.717) is 11.3 Å². The Labute approximate surface area is 140 Å². The van der Waals surface area contributed by atoms with Gasteiger partial charge in [0.2, 0.25) is 0 Å². The molecular weight excluding hydrogens is 310 g/mol. The van der Waals surface area contributed by atoms with Crippen LogP contribution in [0, 0.1) is 24.0 Å². The predicted molar refractivity (Wildman–Crippen MR) is 89.0 cm³/mol. The average molecular weight is 329 g/mol. The SMILES string of the molecule is Cc1cccc(OCC(=O)O[C@@H](C)c2cccc([N+](=O)[O-])c2)c1C. The van der Waals surface area contributed by atoms with Crippen LogP contribution in [-0.4, -0.2) is 17.5 Å². The van der Waals surface area contributed by atoms with E-state index in [9.17, 15) is 14.9 Å². The Morgan fingerprint density at radius 3 is 2.62 bits per heavy atom. The molecule has 0 aliphatic carbocycles. The molecule has 0 heterocycles. The van der Waals surface area contributed by atoms with E-state index in [4.69, 9.17) is 9.47 Å². The summed E-state index contributed by atoms with van der Waals surface area (Å²) in [5.74, 6) is 0.102. The highest BCUT2D eigenvalue weighted by Crippen LogP contribution is 2.23. The van der Waals surface area contributed by atoms with E-state index in [-0.39, 0.29) is 12.3 Å². The Bertz CT molecular complexity index is 757. The fourth-order valence-electron chi connectivity index (χ4n) is 2.21. The van der Waals surface area contributed by atoms with E-state index < -0.39 is 17.0 Å². The standard InChI is InChI=1S/C18H19NO5/c1-12-6-4-9-17(13(12)2)23-11-18(20)24-14(3)15-7-5-8-16(10-15)19(21)22/h4-10,14H,11H2,1-3H3/t14-/m0/s1. The van der Waals surface area contributed by atoms with Crippen LogP contribution in [0.2, 0.25) is 0 Å². The molecule has 0 spiro atoms. The number of nitro benzene ring substituents is 1. The van der Waals surface area contributed by atoms with Gasteiger partial charge in [0.25, 0.3) is 5.69 Å². The van der Waals surface area contributed by atoms with Crippen molar-refractivity contribution in [1.82, 2.24) is 0 Å². The quantitative estimate of drug-likeness (QED) is 0.456. The number of carbonyl (C=O) groups excluding carboxylic acids is 1. The lowest BCUT2D eigenvalue weighted by molar-refractivity contribution is -0.385. The number of benzene rings is 2. The summed E-state index contributed by atoms with van der Waals surface area (Å²) in [6.07, 6.45) is -0.598. The molecule has 2 rings (SSSR count). The van der Waals surface area contributed by atoms with Crippen molar-refractivity contribution in [2.24, 2.45) is 0 Å². The third kappa shape index (κ3) is 4.32. The fraction of sp³-hybridized carbons (Fsp3) is 0.278. The van der Waals surface area contributed by atoms with E-state index in [0.717, 1.165) is 11.1 Å². The summed E-state index contributed by atoms with van der Waals surface area (Å²) < 4.78 is 10.8. The van der Waals surface area contributed by atoms with Crippen molar-refractivity contribution in [2.75, 3.05) is 6.61 Å². The summed E-state index contributed by atoms with van der Waals surface area (Å²) in [7, 11) is 0. The van der Waals surface area contributed by atoms with Crippen molar-refractivity contribution in [3.63, 3.8) is 0 Å². The van der Waals surface area contributed by atoms with Crippen molar-refractivity contribution >= 4 is 11.7 Å².